The highest BCUT2D eigenvalue weighted by Gasteiger charge is 2.01. The Morgan fingerprint density at radius 1 is 1.27 bits per heavy atom. The highest BCUT2D eigenvalue weighted by molar-refractivity contribution is 5.72. The first-order valence-corrected chi connectivity index (χ1v) is 4.55. The van der Waals surface area contributed by atoms with Crippen LogP contribution in [0, 0.1) is 0 Å². The molecule has 0 radical (unpaired) electrons. The molecule has 76 valence electrons. The standard InChI is InChI=1S/C12H13N3/c1-14-11-7-10(8-15-12(11)13)9-5-3-2-4-6-9/h2-8,14H,1H3,(H2,13,15)/i1D3. The van der Waals surface area contributed by atoms with Crippen molar-refractivity contribution in [2.24, 2.45) is 0 Å². The SMILES string of the molecule is [2H]C([2H])([2H])Nc1cc(-c2ccccc2)cnc1N. The number of nitrogens with one attached hydrogen (secondary N) is 1. The second-order valence-corrected chi connectivity index (χ2v) is 3.15. The van der Waals surface area contributed by atoms with E-state index in [-0.39, 0.29) is 5.82 Å². The molecule has 0 aliphatic heterocycles. The molecule has 1 aromatic heterocycles. The van der Waals surface area contributed by atoms with Gasteiger partial charge in [-0.3, -0.25) is 0 Å². The van der Waals surface area contributed by atoms with Crippen LogP contribution in [0.2, 0.25) is 0 Å². The van der Waals surface area contributed by atoms with E-state index in [9.17, 15) is 0 Å². The molecule has 0 aliphatic carbocycles. The van der Waals surface area contributed by atoms with Gasteiger partial charge in [-0.2, -0.15) is 0 Å². The number of pyridine rings is 1. The van der Waals surface area contributed by atoms with Gasteiger partial charge in [-0.05, 0) is 11.6 Å². The fraction of sp³-hybridized carbons (Fsp3) is 0.0833. The third-order valence-corrected chi connectivity index (χ3v) is 2.16. The summed E-state index contributed by atoms with van der Waals surface area (Å²) in [6, 6.07) is 11.3. The minimum atomic E-state index is -2.29. The van der Waals surface area contributed by atoms with Crippen LogP contribution in [0.5, 0.6) is 0 Å². The lowest BCUT2D eigenvalue weighted by Gasteiger charge is -2.06. The fourth-order valence-corrected chi connectivity index (χ4v) is 1.36. The van der Waals surface area contributed by atoms with Gasteiger partial charge in [-0.1, -0.05) is 30.3 Å². The quantitative estimate of drug-likeness (QED) is 0.786. The molecule has 15 heavy (non-hydrogen) atoms. The van der Waals surface area contributed by atoms with Crippen LogP contribution >= 0.6 is 0 Å². The van der Waals surface area contributed by atoms with Gasteiger partial charge in [0.05, 0.1) is 5.69 Å². The van der Waals surface area contributed by atoms with Crippen molar-refractivity contribution in [3.63, 3.8) is 0 Å². The monoisotopic (exact) mass is 202 g/mol. The van der Waals surface area contributed by atoms with Gasteiger partial charge >= 0.3 is 0 Å². The van der Waals surface area contributed by atoms with Gasteiger partial charge in [-0.15, -0.1) is 0 Å². The summed E-state index contributed by atoms with van der Waals surface area (Å²) >= 11 is 0. The van der Waals surface area contributed by atoms with E-state index in [1.165, 1.54) is 0 Å². The highest BCUT2D eigenvalue weighted by Crippen LogP contribution is 2.24. The number of nitrogens with two attached hydrogens (primary N) is 1. The van der Waals surface area contributed by atoms with Crippen molar-refractivity contribution >= 4 is 11.5 Å². The lowest BCUT2D eigenvalue weighted by molar-refractivity contribution is 1.32. The van der Waals surface area contributed by atoms with Gasteiger partial charge in [0.25, 0.3) is 0 Å². The molecule has 0 spiro atoms. The van der Waals surface area contributed by atoms with E-state index in [2.05, 4.69) is 10.3 Å². The van der Waals surface area contributed by atoms with Crippen molar-refractivity contribution in [1.82, 2.24) is 4.98 Å². The number of hydrogen-bond acceptors (Lipinski definition) is 3. The van der Waals surface area contributed by atoms with Gasteiger partial charge < -0.3 is 11.1 Å². The molecule has 2 aromatic rings. The average Bonchev–Trinajstić information content (AvgIpc) is 2.31. The number of anilines is 2. The van der Waals surface area contributed by atoms with Crippen molar-refractivity contribution in [3.05, 3.63) is 42.6 Å². The molecule has 1 heterocycles. The number of nitrogens with zero attached hydrogens (tertiary/aromatic N) is 1. The van der Waals surface area contributed by atoms with Crippen LogP contribution in [-0.4, -0.2) is 12.0 Å². The molecule has 3 nitrogen and oxygen atoms in total. The van der Waals surface area contributed by atoms with E-state index in [0.717, 1.165) is 11.1 Å². The van der Waals surface area contributed by atoms with Crippen molar-refractivity contribution in [2.45, 2.75) is 0 Å². The Morgan fingerprint density at radius 3 is 2.80 bits per heavy atom. The zero-order chi connectivity index (χ0) is 13.2. The van der Waals surface area contributed by atoms with Crippen molar-refractivity contribution in [3.8, 4) is 11.1 Å². The molecule has 0 atom stereocenters. The number of rotatable bonds is 2. The summed E-state index contributed by atoms with van der Waals surface area (Å²) in [6.07, 6.45) is 1.62. The molecule has 0 unspecified atom stereocenters. The second kappa shape index (κ2) is 4.00. The summed E-state index contributed by atoms with van der Waals surface area (Å²) in [6.45, 7) is -2.29. The number of hydrogen-bond donors (Lipinski definition) is 2. The van der Waals surface area contributed by atoms with Gasteiger partial charge in [0, 0.05) is 22.8 Å². The first-order valence-electron chi connectivity index (χ1n) is 6.05. The van der Waals surface area contributed by atoms with Gasteiger partial charge in [0.15, 0.2) is 0 Å². The summed E-state index contributed by atoms with van der Waals surface area (Å²) in [5, 5.41) is 2.37. The van der Waals surface area contributed by atoms with E-state index in [0.29, 0.717) is 5.69 Å². The molecule has 0 saturated heterocycles. The molecule has 0 saturated carbocycles. The van der Waals surface area contributed by atoms with E-state index >= 15 is 0 Å². The Labute approximate surface area is 93.2 Å². The molecule has 0 fully saturated rings. The summed E-state index contributed by atoms with van der Waals surface area (Å²) in [4.78, 5) is 4.00. The lowest BCUT2D eigenvalue weighted by atomic mass is 10.1. The topological polar surface area (TPSA) is 50.9 Å². The van der Waals surface area contributed by atoms with E-state index in [4.69, 9.17) is 9.85 Å². The maximum atomic E-state index is 7.18. The number of benzene rings is 1. The van der Waals surface area contributed by atoms with Crippen LogP contribution in [0.25, 0.3) is 11.1 Å². The van der Waals surface area contributed by atoms with Crippen LogP contribution < -0.4 is 11.1 Å². The Hall–Kier alpha value is -2.03. The number of nitrogen functional groups attached to an aromatic ring is 1. The van der Waals surface area contributed by atoms with Crippen molar-refractivity contribution in [2.75, 3.05) is 18.0 Å². The zero-order valence-electron chi connectivity index (χ0n) is 11.1. The van der Waals surface area contributed by atoms with Crippen LogP contribution in [0.1, 0.15) is 4.11 Å². The molecular formula is C12H13N3. The van der Waals surface area contributed by atoms with Crippen LogP contribution in [0.3, 0.4) is 0 Å². The largest absolute Gasteiger partial charge is 0.385 e. The van der Waals surface area contributed by atoms with Crippen LogP contribution in [-0.2, 0) is 0 Å². The summed E-state index contributed by atoms with van der Waals surface area (Å²) in [5.74, 6) is 0.172. The molecule has 3 heteroatoms. The minimum absolute atomic E-state index is 0.172. The summed E-state index contributed by atoms with van der Waals surface area (Å²) in [7, 11) is 0. The first-order chi connectivity index (χ1) is 8.46. The minimum Gasteiger partial charge on any atom is -0.385 e. The van der Waals surface area contributed by atoms with Gasteiger partial charge in [0.1, 0.15) is 5.82 Å². The van der Waals surface area contributed by atoms with E-state index < -0.39 is 6.98 Å². The maximum absolute atomic E-state index is 7.18. The lowest BCUT2D eigenvalue weighted by Crippen LogP contribution is -1.98. The second-order valence-electron chi connectivity index (χ2n) is 3.15. The molecular weight excluding hydrogens is 186 g/mol. The van der Waals surface area contributed by atoms with Crippen molar-refractivity contribution < 1.29 is 4.11 Å². The van der Waals surface area contributed by atoms with Gasteiger partial charge in [-0.25, -0.2) is 4.98 Å². The molecule has 0 aliphatic rings. The summed E-state index contributed by atoms with van der Waals surface area (Å²) in [5.41, 5.74) is 7.74. The predicted molar refractivity (Wildman–Crippen MR) is 63.6 cm³/mol. The Morgan fingerprint density at radius 2 is 2.07 bits per heavy atom. The fourth-order valence-electron chi connectivity index (χ4n) is 1.36. The Bertz CT molecular complexity index is 538. The number of aromatic nitrogens is 1. The Balaban J connectivity index is 2.38. The maximum Gasteiger partial charge on any atom is 0.146 e. The average molecular weight is 202 g/mol. The molecule has 0 amide bonds. The smallest absolute Gasteiger partial charge is 0.146 e. The predicted octanol–water partition coefficient (Wildman–Crippen LogP) is 2.37. The van der Waals surface area contributed by atoms with Crippen molar-refractivity contribution in [1.29, 1.82) is 0 Å². The third kappa shape index (κ3) is 1.91. The third-order valence-electron chi connectivity index (χ3n) is 2.16. The molecule has 0 bridgehead atoms. The molecule has 3 N–H and O–H groups in total. The first kappa shape index (κ1) is 6.45. The highest BCUT2D eigenvalue weighted by atomic mass is 14.9. The van der Waals surface area contributed by atoms with E-state index in [1.54, 1.807) is 12.3 Å². The van der Waals surface area contributed by atoms with E-state index in [1.807, 2.05) is 30.3 Å². The normalized spacial score (nSPS) is 13.7. The molecule has 1 aromatic carbocycles. The Kier molecular flexibility index (Phi) is 1.72. The van der Waals surface area contributed by atoms with Crippen LogP contribution in [0.15, 0.2) is 42.6 Å². The molecule has 2 rings (SSSR count). The summed E-state index contributed by atoms with van der Waals surface area (Å²) < 4.78 is 21.5. The van der Waals surface area contributed by atoms with Crippen LogP contribution in [0.4, 0.5) is 11.5 Å². The van der Waals surface area contributed by atoms with Gasteiger partial charge in [0.2, 0.25) is 0 Å². The zero-order valence-corrected chi connectivity index (χ0v) is 8.07.